The number of amides is 2. The van der Waals surface area contributed by atoms with Gasteiger partial charge in [0.25, 0.3) is 5.91 Å². The number of piperidine rings is 1. The first kappa shape index (κ1) is 21.1. The van der Waals surface area contributed by atoms with Crippen LogP contribution in [0, 0.1) is 5.92 Å². The number of carbonyl (C=O) groups is 2. The van der Waals surface area contributed by atoms with Crippen LogP contribution >= 0.6 is 11.6 Å². The summed E-state index contributed by atoms with van der Waals surface area (Å²) in [6.07, 6.45) is 7.36. The lowest BCUT2D eigenvalue weighted by atomic mass is 9.91. The molecule has 0 unspecified atom stereocenters. The number of hydrogen-bond acceptors (Lipinski definition) is 4. The van der Waals surface area contributed by atoms with Crippen LogP contribution in [0.15, 0.2) is 18.3 Å². The summed E-state index contributed by atoms with van der Waals surface area (Å²) in [5, 5.41) is 3.46. The predicted molar refractivity (Wildman–Crippen MR) is 110 cm³/mol. The number of aromatic nitrogens is 1. The van der Waals surface area contributed by atoms with Crippen molar-refractivity contribution in [3.63, 3.8) is 0 Å². The van der Waals surface area contributed by atoms with E-state index >= 15 is 0 Å². The number of nitrogens with zero attached hydrogens (tertiary/aromatic N) is 3. The second-order valence-corrected chi connectivity index (χ2v) is 8.26. The monoisotopic (exact) mass is 406 g/mol. The molecule has 1 atom stereocenters. The van der Waals surface area contributed by atoms with Gasteiger partial charge in [0.05, 0.1) is 0 Å². The van der Waals surface area contributed by atoms with Gasteiger partial charge in [-0.1, -0.05) is 18.5 Å². The molecular weight excluding hydrogens is 376 g/mol. The van der Waals surface area contributed by atoms with E-state index < -0.39 is 0 Å². The van der Waals surface area contributed by atoms with Crippen molar-refractivity contribution < 1.29 is 9.59 Å². The van der Waals surface area contributed by atoms with Crippen molar-refractivity contribution in [1.82, 2.24) is 20.1 Å². The van der Waals surface area contributed by atoms with Gasteiger partial charge in [0.15, 0.2) is 0 Å². The van der Waals surface area contributed by atoms with Crippen LogP contribution in [-0.4, -0.2) is 65.4 Å². The molecular formula is C21H31ClN4O2. The Morgan fingerprint density at radius 2 is 2.04 bits per heavy atom. The van der Waals surface area contributed by atoms with E-state index in [1.54, 1.807) is 18.3 Å². The highest BCUT2D eigenvalue weighted by molar-refractivity contribution is 6.29. The summed E-state index contributed by atoms with van der Waals surface area (Å²) in [6, 6.07) is 3.82. The number of carbonyl (C=O) groups excluding carboxylic acids is 2. The van der Waals surface area contributed by atoms with Gasteiger partial charge in [0.2, 0.25) is 5.91 Å². The second-order valence-electron chi connectivity index (χ2n) is 7.87. The molecule has 7 heteroatoms. The van der Waals surface area contributed by atoms with Gasteiger partial charge in [-0.05, 0) is 63.2 Å². The average Bonchev–Trinajstić information content (AvgIpc) is 3.18. The molecule has 6 nitrogen and oxygen atoms in total. The molecule has 1 aromatic rings. The minimum atomic E-state index is 0.0116. The Morgan fingerprint density at radius 1 is 1.25 bits per heavy atom. The van der Waals surface area contributed by atoms with Crippen molar-refractivity contribution in [2.24, 2.45) is 5.92 Å². The fourth-order valence-electron chi connectivity index (χ4n) is 4.34. The Kier molecular flexibility index (Phi) is 7.68. The smallest absolute Gasteiger partial charge is 0.254 e. The highest BCUT2D eigenvalue weighted by atomic mass is 35.5. The summed E-state index contributed by atoms with van der Waals surface area (Å²) in [7, 11) is 0. The topological polar surface area (TPSA) is 65.5 Å². The van der Waals surface area contributed by atoms with Crippen LogP contribution in [0.2, 0.25) is 5.15 Å². The van der Waals surface area contributed by atoms with Crippen molar-refractivity contribution in [3.05, 3.63) is 29.0 Å². The number of halogens is 1. The molecule has 0 radical (unpaired) electrons. The van der Waals surface area contributed by atoms with Crippen LogP contribution < -0.4 is 5.32 Å². The van der Waals surface area contributed by atoms with Gasteiger partial charge in [0, 0.05) is 43.9 Å². The zero-order valence-corrected chi connectivity index (χ0v) is 17.5. The van der Waals surface area contributed by atoms with Crippen LogP contribution in [0.4, 0.5) is 0 Å². The largest absolute Gasteiger partial charge is 0.355 e. The maximum Gasteiger partial charge on any atom is 0.254 e. The molecule has 154 valence electrons. The Bertz CT molecular complexity index is 676. The van der Waals surface area contributed by atoms with E-state index in [0.29, 0.717) is 29.1 Å². The highest BCUT2D eigenvalue weighted by Gasteiger charge is 2.25. The van der Waals surface area contributed by atoms with Crippen molar-refractivity contribution in [1.29, 1.82) is 0 Å². The van der Waals surface area contributed by atoms with E-state index in [4.69, 9.17) is 11.6 Å². The van der Waals surface area contributed by atoms with Crippen molar-refractivity contribution in [2.45, 2.75) is 51.5 Å². The summed E-state index contributed by atoms with van der Waals surface area (Å²) in [5.74, 6) is 0.680. The van der Waals surface area contributed by atoms with Crippen molar-refractivity contribution >= 4 is 23.4 Å². The average molecular weight is 407 g/mol. The Hall–Kier alpha value is -1.66. The summed E-state index contributed by atoms with van der Waals surface area (Å²) in [4.78, 5) is 33.0. The first-order chi connectivity index (χ1) is 13.6. The summed E-state index contributed by atoms with van der Waals surface area (Å²) in [5.41, 5.74) is 0.589. The number of pyridine rings is 1. The van der Waals surface area contributed by atoms with E-state index in [-0.39, 0.29) is 11.8 Å². The first-order valence-electron chi connectivity index (χ1n) is 10.5. The third-order valence-corrected chi connectivity index (χ3v) is 6.30. The molecule has 2 fully saturated rings. The molecule has 2 aliphatic heterocycles. The fraction of sp³-hybridized carbons (Fsp3) is 0.667. The number of rotatable bonds is 7. The molecule has 0 saturated carbocycles. The molecule has 0 spiro atoms. The van der Waals surface area contributed by atoms with Crippen LogP contribution in [0.1, 0.15) is 55.8 Å². The Labute approximate surface area is 172 Å². The van der Waals surface area contributed by atoms with Gasteiger partial charge in [-0.2, -0.15) is 0 Å². The van der Waals surface area contributed by atoms with E-state index in [9.17, 15) is 9.59 Å². The minimum Gasteiger partial charge on any atom is -0.355 e. The number of hydrogen-bond donors (Lipinski definition) is 1. The third-order valence-electron chi connectivity index (χ3n) is 6.10. The number of nitrogens with one attached hydrogen (secondary N) is 1. The molecule has 3 heterocycles. The van der Waals surface area contributed by atoms with E-state index in [0.717, 1.165) is 52.0 Å². The maximum atomic E-state index is 12.6. The van der Waals surface area contributed by atoms with E-state index in [1.165, 1.54) is 12.8 Å². The van der Waals surface area contributed by atoms with E-state index in [2.05, 4.69) is 22.1 Å². The zero-order valence-electron chi connectivity index (χ0n) is 16.7. The second kappa shape index (κ2) is 10.2. The van der Waals surface area contributed by atoms with Gasteiger partial charge in [0.1, 0.15) is 5.15 Å². The normalized spacial score (nSPS) is 21.1. The molecule has 0 bridgehead atoms. The fourth-order valence-corrected chi connectivity index (χ4v) is 4.51. The first-order valence-corrected chi connectivity index (χ1v) is 10.9. The lowest BCUT2D eigenvalue weighted by molar-refractivity contribution is -0.121. The lowest BCUT2D eigenvalue weighted by Gasteiger charge is -2.32. The molecule has 1 N–H and O–H groups in total. The quantitative estimate of drug-likeness (QED) is 0.707. The summed E-state index contributed by atoms with van der Waals surface area (Å²) < 4.78 is 0. The van der Waals surface area contributed by atoms with Gasteiger partial charge >= 0.3 is 0 Å². The van der Waals surface area contributed by atoms with Crippen LogP contribution in [0.25, 0.3) is 0 Å². The van der Waals surface area contributed by atoms with Gasteiger partial charge in [-0.15, -0.1) is 0 Å². The number of likely N-dealkylation sites (tertiary alicyclic amines) is 2. The molecule has 3 rings (SSSR count). The van der Waals surface area contributed by atoms with Crippen LogP contribution in [0.3, 0.4) is 0 Å². The maximum absolute atomic E-state index is 12.6. The third kappa shape index (κ3) is 5.67. The van der Waals surface area contributed by atoms with Crippen molar-refractivity contribution in [3.8, 4) is 0 Å². The number of likely N-dealkylation sites (N-methyl/N-ethyl adjacent to an activating group) is 1. The minimum absolute atomic E-state index is 0.0116. The molecule has 2 saturated heterocycles. The molecule has 0 aromatic carbocycles. The lowest BCUT2D eigenvalue weighted by Crippen LogP contribution is -2.40. The Balaban J connectivity index is 1.35. The molecule has 2 amide bonds. The SMILES string of the molecule is CCN1CCC[C@H]1CNC(=O)CCC1CCN(C(=O)c2ccnc(Cl)c2)CC1. The van der Waals surface area contributed by atoms with Crippen LogP contribution in [-0.2, 0) is 4.79 Å². The van der Waals surface area contributed by atoms with Gasteiger partial charge in [-0.3, -0.25) is 14.5 Å². The van der Waals surface area contributed by atoms with Crippen LogP contribution in [0.5, 0.6) is 0 Å². The molecule has 1 aromatic heterocycles. The van der Waals surface area contributed by atoms with Gasteiger partial charge in [-0.25, -0.2) is 4.98 Å². The Morgan fingerprint density at radius 3 is 2.75 bits per heavy atom. The molecule has 0 aliphatic carbocycles. The standard InChI is InChI=1S/C21H31ClN4O2/c1-2-25-11-3-4-18(25)15-24-20(27)6-5-16-8-12-26(13-9-16)21(28)17-7-10-23-19(22)14-17/h7,10,14,16,18H,2-6,8-9,11-13,15H2,1H3,(H,24,27)/t18-/m0/s1. The van der Waals surface area contributed by atoms with E-state index in [1.807, 2.05) is 4.90 Å². The summed E-state index contributed by atoms with van der Waals surface area (Å²) >= 11 is 5.88. The predicted octanol–water partition coefficient (Wildman–Crippen LogP) is 2.97. The zero-order chi connectivity index (χ0) is 19.9. The van der Waals surface area contributed by atoms with Crippen molar-refractivity contribution in [2.75, 3.05) is 32.7 Å². The molecule has 2 aliphatic rings. The van der Waals surface area contributed by atoms with Gasteiger partial charge < -0.3 is 10.2 Å². The molecule has 28 heavy (non-hydrogen) atoms. The highest BCUT2D eigenvalue weighted by Crippen LogP contribution is 2.23. The summed E-state index contributed by atoms with van der Waals surface area (Å²) in [6.45, 7) is 6.63.